The molecule has 1 aromatic carbocycles. The van der Waals surface area contributed by atoms with Crippen LogP contribution in [-0.2, 0) is 14.1 Å². The summed E-state index contributed by atoms with van der Waals surface area (Å²) < 4.78 is 25.3. The topological polar surface area (TPSA) is 76.6 Å². The summed E-state index contributed by atoms with van der Waals surface area (Å²) in [5.74, 6) is 0.130. The van der Waals surface area contributed by atoms with Gasteiger partial charge in [-0.05, 0) is 65.2 Å². The molecule has 9 heteroatoms. The number of benzene rings is 1. The predicted molar refractivity (Wildman–Crippen MR) is 121 cm³/mol. The lowest BCUT2D eigenvalue weighted by atomic mass is 9.81. The second-order valence-electron chi connectivity index (χ2n) is 9.54. The van der Waals surface area contributed by atoms with Gasteiger partial charge in [0.05, 0.1) is 17.2 Å². The van der Waals surface area contributed by atoms with Crippen molar-refractivity contribution in [1.29, 1.82) is 0 Å². The molecular weight excluding hydrogens is 410 g/mol. The normalized spacial score (nSPS) is 22.8. The third-order valence-electron chi connectivity index (χ3n) is 6.72. The minimum absolute atomic E-state index is 0.0852. The summed E-state index contributed by atoms with van der Waals surface area (Å²) in [7, 11) is -0.525. The zero-order valence-electron chi connectivity index (χ0n) is 19.3. The molecule has 0 spiro atoms. The number of nitrogens with one attached hydrogen (secondary N) is 1. The molecule has 170 valence electrons. The second kappa shape index (κ2) is 8.44. The first-order chi connectivity index (χ1) is 15.1. The number of nitrogens with zero attached hydrogens (tertiary/aromatic N) is 3. The third-order valence-corrected chi connectivity index (χ3v) is 6.72. The van der Waals surface area contributed by atoms with E-state index in [0.29, 0.717) is 12.5 Å². The Morgan fingerprint density at radius 2 is 1.75 bits per heavy atom. The Balaban J connectivity index is 1.43. The fourth-order valence-corrected chi connectivity index (χ4v) is 4.00. The van der Waals surface area contributed by atoms with Crippen LogP contribution in [0.25, 0.3) is 0 Å². The first-order valence-corrected chi connectivity index (χ1v) is 11.1. The maximum atomic E-state index is 13.2. The van der Waals surface area contributed by atoms with Gasteiger partial charge >= 0.3 is 7.12 Å². The summed E-state index contributed by atoms with van der Waals surface area (Å²) in [6, 6.07) is 5.59. The maximum absolute atomic E-state index is 13.2. The van der Waals surface area contributed by atoms with Gasteiger partial charge < -0.3 is 19.5 Å². The SMILES string of the molecule is C[C@@H](NC(=O)[C@H]1CCCN1c1ncc(B2OC(C)(C)C(C)(C)O2)cn1)c1ccc(F)cc1. The molecule has 1 N–H and O–H groups in total. The number of rotatable bonds is 5. The summed E-state index contributed by atoms with van der Waals surface area (Å²) in [5, 5.41) is 3.03. The lowest BCUT2D eigenvalue weighted by molar-refractivity contribution is -0.122. The Morgan fingerprint density at radius 3 is 2.34 bits per heavy atom. The van der Waals surface area contributed by atoms with E-state index < -0.39 is 18.3 Å². The van der Waals surface area contributed by atoms with Crippen LogP contribution in [0.5, 0.6) is 0 Å². The zero-order valence-corrected chi connectivity index (χ0v) is 19.3. The van der Waals surface area contributed by atoms with Crippen LogP contribution in [0.15, 0.2) is 36.7 Å². The van der Waals surface area contributed by atoms with Gasteiger partial charge in [-0.1, -0.05) is 12.1 Å². The number of carbonyl (C=O) groups excluding carboxylic acids is 1. The number of anilines is 1. The molecule has 1 amide bonds. The maximum Gasteiger partial charge on any atom is 0.498 e. The van der Waals surface area contributed by atoms with Crippen molar-refractivity contribution in [3.63, 3.8) is 0 Å². The highest BCUT2D eigenvalue weighted by Gasteiger charge is 2.52. The largest absolute Gasteiger partial charge is 0.498 e. The highest BCUT2D eigenvalue weighted by molar-refractivity contribution is 6.61. The van der Waals surface area contributed by atoms with E-state index in [4.69, 9.17) is 9.31 Å². The fourth-order valence-electron chi connectivity index (χ4n) is 4.00. The second-order valence-corrected chi connectivity index (χ2v) is 9.54. The number of aromatic nitrogens is 2. The zero-order chi connectivity index (χ0) is 23.1. The Hall–Kier alpha value is -2.52. The van der Waals surface area contributed by atoms with Crippen molar-refractivity contribution in [2.45, 2.75) is 70.7 Å². The quantitative estimate of drug-likeness (QED) is 0.721. The molecule has 2 fully saturated rings. The standard InChI is InChI=1S/C23H30BFN4O3/c1-15(16-8-10-18(25)11-9-16)28-20(30)19-7-6-12-29(19)21-26-13-17(14-27-21)24-31-22(2,3)23(4,5)32-24/h8-11,13-15,19H,6-7,12H2,1-5H3,(H,28,30)/t15-,19-/m1/s1. The van der Waals surface area contributed by atoms with Crippen LogP contribution in [0, 0.1) is 5.82 Å². The summed E-state index contributed by atoms with van der Waals surface area (Å²) in [5.41, 5.74) is 0.732. The molecule has 7 nitrogen and oxygen atoms in total. The van der Waals surface area contributed by atoms with Gasteiger partial charge in [0.15, 0.2) is 0 Å². The van der Waals surface area contributed by atoms with Gasteiger partial charge in [0.25, 0.3) is 0 Å². The first kappa shape index (κ1) is 22.7. The van der Waals surface area contributed by atoms with Gasteiger partial charge in [0, 0.05) is 24.4 Å². The number of amides is 1. The minimum Gasteiger partial charge on any atom is -0.399 e. The molecule has 0 unspecified atom stereocenters. The Bertz CT molecular complexity index is 952. The highest BCUT2D eigenvalue weighted by atomic mass is 19.1. The Morgan fingerprint density at radius 1 is 1.16 bits per heavy atom. The number of halogens is 1. The highest BCUT2D eigenvalue weighted by Crippen LogP contribution is 2.36. The molecule has 0 saturated carbocycles. The van der Waals surface area contributed by atoms with E-state index in [1.165, 1.54) is 12.1 Å². The van der Waals surface area contributed by atoms with Crippen molar-refractivity contribution in [3.05, 3.63) is 48.0 Å². The smallest absolute Gasteiger partial charge is 0.399 e. The van der Waals surface area contributed by atoms with Crippen molar-refractivity contribution >= 4 is 24.4 Å². The molecule has 2 saturated heterocycles. The first-order valence-electron chi connectivity index (χ1n) is 11.1. The summed E-state index contributed by atoms with van der Waals surface area (Å²) in [4.78, 5) is 23.9. The van der Waals surface area contributed by atoms with Crippen LogP contribution in [0.3, 0.4) is 0 Å². The average molecular weight is 440 g/mol. The van der Waals surface area contributed by atoms with E-state index in [1.807, 2.05) is 39.5 Å². The molecule has 1 aromatic heterocycles. The van der Waals surface area contributed by atoms with Gasteiger partial charge in [-0.2, -0.15) is 0 Å². The van der Waals surface area contributed by atoms with Crippen LogP contribution in [0.4, 0.5) is 10.3 Å². The van der Waals surface area contributed by atoms with Gasteiger partial charge in [-0.15, -0.1) is 0 Å². The van der Waals surface area contributed by atoms with Crippen LogP contribution in [0.1, 0.15) is 59.1 Å². The lowest BCUT2D eigenvalue weighted by Crippen LogP contribution is -2.45. The van der Waals surface area contributed by atoms with Crippen molar-refractivity contribution in [2.24, 2.45) is 0 Å². The van der Waals surface area contributed by atoms with E-state index in [9.17, 15) is 9.18 Å². The molecule has 0 radical (unpaired) electrons. The molecule has 2 aliphatic heterocycles. The Labute approximate surface area is 188 Å². The summed E-state index contributed by atoms with van der Waals surface area (Å²) in [6.07, 6.45) is 5.02. The summed E-state index contributed by atoms with van der Waals surface area (Å²) >= 11 is 0. The van der Waals surface area contributed by atoms with E-state index in [0.717, 1.165) is 23.9 Å². The van der Waals surface area contributed by atoms with Gasteiger partial charge in [-0.3, -0.25) is 4.79 Å². The molecule has 2 atom stereocenters. The van der Waals surface area contributed by atoms with Crippen LogP contribution >= 0.6 is 0 Å². The summed E-state index contributed by atoms with van der Waals surface area (Å²) in [6.45, 7) is 10.6. The third kappa shape index (κ3) is 4.36. The lowest BCUT2D eigenvalue weighted by Gasteiger charge is -2.32. The molecule has 2 aliphatic rings. The number of hydrogen-bond donors (Lipinski definition) is 1. The molecule has 2 aromatic rings. The van der Waals surface area contributed by atoms with Crippen molar-refractivity contribution in [2.75, 3.05) is 11.4 Å². The van der Waals surface area contributed by atoms with Crippen molar-refractivity contribution < 1.29 is 18.5 Å². The molecular formula is C23H30BFN4O3. The molecule has 0 bridgehead atoms. The van der Waals surface area contributed by atoms with Crippen LogP contribution in [-0.4, -0.2) is 46.8 Å². The van der Waals surface area contributed by atoms with Gasteiger partial charge in [0.2, 0.25) is 11.9 Å². The molecule has 3 heterocycles. The van der Waals surface area contributed by atoms with E-state index in [-0.39, 0.29) is 23.8 Å². The van der Waals surface area contributed by atoms with E-state index in [1.54, 1.807) is 24.5 Å². The van der Waals surface area contributed by atoms with Crippen LogP contribution in [0.2, 0.25) is 0 Å². The Kier molecular flexibility index (Phi) is 5.98. The fraction of sp³-hybridized carbons (Fsp3) is 0.522. The molecule has 32 heavy (non-hydrogen) atoms. The predicted octanol–water partition coefficient (Wildman–Crippen LogP) is 2.76. The number of hydrogen-bond acceptors (Lipinski definition) is 6. The van der Waals surface area contributed by atoms with Crippen molar-refractivity contribution in [3.8, 4) is 0 Å². The monoisotopic (exact) mass is 440 g/mol. The van der Waals surface area contributed by atoms with Gasteiger partial charge in [-0.25, -0.2) is 14.4 Å². The molecule has 0 aliphatic carbocycles. The van der Waals surface area contributed by atoms with Gasteiger partial charge in [0.1, 0.15) is 11.9 Å². The van der Waals surface area contributed by atoms with Crippen molar-refractivity contribution in [1.82, 2.24) is 15.3 Å². The molecule has 4 rings (SSSR count). The average Bonchev–Trinajstić information content (AvgIpc) is 3.31. The van der Waals surface area contributed by atoms with E-state index in [2.05, 4.69) is 15.3 Å². The number of carbonyl (C=O) groups is 1. The minimum atomic E-state index is -0.525. The van der Waals surface area contributed by atoms with E-state index >= 15 is 0 Å². The van der Waals surface area contributed by atoms with Crippen LogP contribution < -0.4 is 15.7 Å².